The topological polar surface area (TPSA) is 78.0 Å². The molecule has 3 N–H and O–H groups in total. The molecule has 2 rings (SSSR count). The van der Waals surface area contributed by atoms with Crippen molar-refractivity contribution in [3.05, 3.63) is 34.6 Å². The first-order valence-electron chi connectivity index (χ1n) is 5.40. The van der Waals surface area contributed by atoms with Gasteiger partial charge in [0.2, 0.25) is 0 Å². The Labute approximate surface area is 98.5 Å². The number of aromatic nitrogens is 2. The number of benzene rings is 1. The number of aliphatic hydroxyl groups excluding tert-OH is 1. The summed E-state index contributed by atoms with van der Waals surface area (Å²) < 4.78 is 0. The first-order chi connectivity index (χ1) is 8.03. The fourth-order valence-electron chi connectivity index (χ4n) is 1.57. The van der Waals surface area contributed by atoms with Crippen LogP contribution in [0.2, 0.25) is 0 Å². The lowest BCUT2D eigenvalue weighted by Crippen LogP contribution is -2.35. The number of hydrogen-bond acceptors (Lipinski definition) is 4. The van der Waals surface area contributed by atoms with Gasteiger partial charge in [0.25, 0.3) is 5.56 Å². The Hall–Kier alpha value is -1.88. The molecule has 0 atom stereocenters. The van der Waals surface area contributed by atoms with Gasteiger partial charge in [0.1, 0.15) is 0 Å². The largest absolute Gasteiger partial charge is 0.394 e. The summed E-state index contributed by atoms with van der Waals surface area (Å²) in [6, 6.07) is 7.22. The summed E-state index contributed by atoms with van der Waals surface area (Å²) in [6.07, 6.45) is 0. The number of nitrogens with one attached hydrogen (secondary N) is 2. The Bertz CT molecular complexity index is 590. The molecule has 0 saturated carbocycles. The number of rotatable bonds is 3. The van der Waals surface area contributed by atoms with Crippen LogP contribution in [0.3, 0.4) is 0 Å². The summed E-state index contributed by atoms with van der Waals surface area (Å²) in [5, 5.41) is 20.1. The van der Waals surface area contributed by atoms with Crippen molar-refractivity contribution in [3.63, 3.8) is 0 Å². The number of anilines is 1. The summed E-state index contributed by atoms with van der Waals surface area (Å²) in [4.78, 5) is 11.6. The summed E-state index contributed by atoms with van der Waals surface area (Å²) in [7, 11) is 0. The zero-order valence-corrected chi connectivity index (χ0v) is 9.82. The molecular formula is C12H15N3O2. The fraction of sp³-hybridized carbons (Fsp3) is 0.333. The highest BCUT2D eigenvalue weighted by molar-refractivity contribution is 5.90. The van der Waals surface area contributed by atoms with Crippen LogP contribution < -0.4 is 10.9 Å². The van der Waals surface area contributed by atoms with E-state index in [9.17, 15) is 9.90 Å². The fourth-order valence-corrected chi connectivity index (χ4v) is 1.57. The second-order valence-corrected chi connectivity index (χ2v) is 4.61. The van der Waals surface area contributed by atoms with Gasteiger partial charge in [-0.05, 0) is 19.9 Å². The zero-order chi connectivity index (χ0) is 12.5. The van der Waals surface area contributed by atoms with Gasteiger partial charge >= 0.3 is 0 Å². The molecule has 5 heteroatoms. The number of aliphatic hydroxyl groups is 1. The second-order valence-electron chi connectivity index (χ2n) is 4.61. The molecule has 5 nitrogen and oxygen atoms in total. The predicted octanol–water partition coefficient (Wildman–Crippen LogP) is 1.11. The molecule has 0 fully saturated rings. The molecule has 0 radical (unpaired) electrons. The maximum atomic E-state index is 11.6. The molecule has 1 aromatic heterocycles. The normalized spacial score (nSPS) is 11.7. The summed E-state index contributed by atoms with van der Waals surface area (Å²) in [5.74, 6) is 0.569. The molecule has 0 aliphatic carbocycles. The van der Waals surface area contributed by atoms with Crippen molar-refractivity contribution in [3.8, 4) is 0 Å². The number of H-pyrrole nitrogens is 1. The lowest BCUT2D eigenvalue weighted by molar-refractivity contribution is 0.234. The van der Waals surface area contributed by atoms with Crippen LogP contribution in [0.4, 0.5) is 5.82 Å². The average molecular weight is 233 g/mol. The van der Waals surface area contributed by atoms with Gasteiger partial charge in [-0.1, -0.05) is 18.2 Å². The molecule has 0 bridgehead atoms. The van der Waals surface area contributed by atoms with E-state index in [1.54, 1.807) is 12.1 Å². The van der Waals surface area contributed by atoms with Crippen molar-refractivity contribution >= 4 is 16.6 Å². The van der Waals surface area contributed by atoms with Gasteiger partial charge < -0.3 is 10.4 Å². The molecule has 0 aliphatic heterocycles. The minimum atomic E-state index is -0.492. The van der Waals surface area contributed by atoms with Crippen LogP contribution in [0, 0.1) is 0 Å². The Morgan fingerprint density at radius 1 is 1.35 bits per heavy atom. The Balaban J connectivity index is 2.56. The molecular weight excluding hydrogens is 218 g/mol. The predicted molar refractivity (Wildman–Crippen MR) is 67.2 cm³/mol. The number of fused-ring (bicyclic) bond motifs is 1. The smallest absolute Gasteiger partial charge is 0.272 e. The number of nitrogens with zero attached hydrogens (tertiary/aromatic N) is 1. The van der Waals surface area contributed by atoms with Crippen LogP contribution in [0.5, 0.6) is 0 Å². The van der Waals surface area contributed by atoms with Crippen molar-refractivity contribution < 1.29 is 5.11 Å². The molecule has 0 unspecified atom stereocenters. The first kappa shape index (κ1) is 11.6. The van der Waals surface area contributed by atoms with Gasteiger partial charge in [0.15, 0.2) is 5.82 Å². The van der Waals surface area contributed by atoms with Gasteiger partial charge in [0.05, 0.1) is 17.5 Å². The second kappa shape index (κ2) is 4.18. The average Bonchev–Trinajstić information content (AvgIpc) is 2.33. The Kier molecular flexibility index (Phi) is 2.85. The third kappa shape index (κ3) is 2.29. The maximum absolute atomic E-state index is 11.6. The Morgan fingerprint density at radius 2 is 2.00 bits per heavy atom. The van der Waals surface area contributed by atoms with Crippen LogP contribution in [0.25, 0.3) is 10.8 Å². The zero-order valence-electron chi connectivity index (χ0n) is 9.82. The van der Waals surface area contributed by atoms with Crippen LogP contribution in [-0.2, 0) is 0 Å². The summed E-state index contributed by atoms with van der Waals surface area (Å²) >= 11 is 0. The molecule has 17 heavy (non-hydrogen) atoms. The van der Waals surface area contributed by atoms with Crippen molar-refractivity contribution in [1.29, 1.82) is 0 Å². The lowest BCUT2D eigenvalue weighted by Gasteiger charge is -2.24. The Morgan fingerprint density at radius 3 is 2.65 bits per heavy atom. The van der Waals surface area contributed by atoms with Gasteiger partial charge in [-0.25, -0.2) is 5.10 Å². The van der Waals surface area contributed by atoms with E-state index in [0.717, 1.165) is 5.39 Å². The van der Waals surface area contributed by atoms with E-state index >= 15 is 0 Å². The molecule has 90 valence electrons. The third-order valence-electron chi connectivity index (χ3n) is 2.55. The standard InChI is InChI=1S/C12H15N3O2/c1-12(2,7-16)13-10-8-5-3-4-6-9(8)11(17)15-14-10/h3-6,16H,7H2,1-2H3,(H,13,14)(H,15,17). The van der Waals surface area contributed by atoms with E-state index in [-0.39, 0.29) is 12.2 Å². The van der Waals surface area contributed by atoms with Crippen molar-refractivity contribution in [2.24, 2.45) is 0 Å². The van der Waals surface area contributed by atoms with Gasteiger partial charge in [0, 0.05) is 5.39 Å². The molecule has 1 heterocycles. The van der Waals surface area contributed by atoms with Gasteiger partial charge in [-0.2, -0.15) is 5.10 Å². The van der Waals surface area contributed by atoms with Crippen LogP contribution in [0.15, 0.2) is 29.1 Å². The van der Waals surface area contributed by atoms with Gasteiger partial charge in [-0.3, -0.25) is 4.79 Å². The highest BCUT2D eigenvalue weighted by atomic mass is 16.3. The van der Waals surface area contributed by atoms with E-state index < -0.39 is 5.54 Å². The lowest BCUT2D eigenvalue weighted by atomic mass is 10.1. The highest BCUT2D eigenvalue weighted by Crippen LogP contribution is 2.20. The first-order valence-corrected chi connectivity index (χ1v) is 5.40. The summed E-state index contributed by atoms with van der Waals surface area (Å²) in [6.45, 7) is 3.69. The maximum Gasteiger partial charge on any atom is 0.272 e. The molecule has 0 amide bonds. The van der Waals surface area contributed by atoms with Crippen LogP contribution in [-0.4, -0.2) is 27.4 Å². The number of aromatic amines is 1. The van der Waals surface area contributed by atoms with E-state index in [1.807, 2.05) is 26.0 Å². The molecule has 0 saturated heterocycles. The van der Waals surface area contributed by atoms with E-state index in [2.05, 4.69) is 15.5 Å². The third-order valence-corrected chi connectivity index (χ3v) is 2.55. The minimum absolute atomic E-state index is 0.0257. The number of hydrogen-bond donors (Lipinski definition) is 3. The van der Waals surface area contributed by atoms with Crippen molar-refractivity contribution in [2.45, 2.75) is 19.4 Å². The van der Waals surface area contributed by atoms with Crippen molar-refractivity contribution in [2.75, 3.05) is 11.9 Å². The van der Waals surface area contributed by atoms with E-state index in [1.165, 1.54) is 0 Å². The molecule has 0 aliphatic rings. The van der Waals surface area contributed by atoms with Crippen LogP contribution in [0.1, 0.15) is 13.8 Å². The van der Waals surface area contributed by atoms with E-state index in [4.69, 9.17) is 0 Å². The molecule has 1 aromatic carbocycles. The van der Waals surface area contributed by atoms with Crippen molar-refractivity contribution in [1.82, 2.24) is 10.2 Å². The quantitative estimate of drug-likeness (QED) is 0.742. The highest BCUT2D eigenvalue weighted by Gasteiger charge is 2.18. The minimum Gasteiger partial charge on any atom is -0.394 e. The van der Waals surface area contributed by atoms with Gasteiger partial charge in [-0.15, -0.1) is 0 Å². The SMILES string of the molecule is CC(C)(CO)Nc1n[nH]c(=O)c2ccccc12. The summed E-state index contributed by atoms with van der Waals surface area (Å²) in [5.41, 5.74) is -0.707. The molecule has 2 aromatic rings. The monoisotopic (exact) mass is 233 g/mol. The molecule has 0 spiro atoms. The van der Waals surface area contributed by atoms with E-state index in [0.29, 0.717) is 11.2 Å². The van der Waals surface area contributed by atoms with Crippen LogP contribution >= 0.6 is 0 Å².